The predicted molar refractivity (Wildman–Crippen MR) is 90.3 cm³/mol. The molecule has 1 fully saturated rings. The topological polar surface area (TPSA) is 50.2 Å². The van der Waals surface area contributed by atoms with Gasteiger partial charge in [0.1, 0.15) is 6.04 Å². The molecule has 2 aliphatic rings. The molecule has 0 bridgehead atoms. The molecular weight excluding hydrogens is 308 g/mol. The van der Waals surface area contributed by atoms with E-state index < -0.39 is 0 Å². The van der Waals surface area contributed by atoms with Crippen LogP contribution >= 0.6 is 11.3 Å². The first-order valence-corrected chi connectivity index (χ1v) is 9.21. The Hall–Kier alpha value is -1.66. The van der Waals surface area contributed by atoms with Gasteiger partial charge in [-0.1, -0.05) is 6.07 Å². The molecule has 4 rings (SSSR count). The van der Waals surface area contributed by atoms with E-state index in [9.17, 15) is 4.79 Å². The second-order valence-corrected chi connectivity index (χ2v) is 7.60. The first-order chi connectivity index (χ1) is 11.3. The predicted octanol–water partition coefficient (Wildman–Crippen LogP) is 2.07. The van der Waals surface area contributed by atoms with Gasteiger partial charge in [-0.3, -0.25) is 9.69 Å². The molecule has 1 amide bonds. The molecule has 23 heavy (non-hydrogen) atoms. The number of rotatable bonds is 6. The van der Waals surface area contributed by atoms with E-state index in [0.29, 0.717) is 6.54 Å². The molecule has 0 spiro atoms. The Labute approximate surface area is 140 Å². The standard InChI is InChI=1S/C17H22N4OS/c22-17(19-6-5-15-2-1-7-23-15)16-11-20(9-13-3-4-13)10-14-8-18-12-21(14)16/h1-2,7-8,12-13,16H,3-6,9-11H2,(H,19,22)/t16-/m0/s1. The summed E-state index contributed by atoms with van der Waals surface area (Å²) in [6, 6.07) is 4.02. The number of hydrogen-bond acceptors (Lipinski definition) is 4. The zero-order valence-corrected chi connectivity index (χ0v) is 14.0. The lowest BCUT2D eigenvalue weighted by atomic mass is 10.1. The van der Waals surface area contributed by atoms with Crippen LogP contribution in [0.1, 0.15) is 29.5 Å². The minimum Gasteiger partial charge on any atom is -0.354 e. The molecule has 5 nitrogen and oxygen atoms in total. The van der Waals surface area contributed by atoms with Gasteiger partial charge < -0.3 is 9.88 Å². The van der Waals surface area contributed by atoms with E-state index in [1.807, 2.05) is 10.8 Å². The lowest BCUT2D eigenvalue weighted by Gasteiger charge is -2.33. The van der Waals surface area contributed by atoms with Gasteiger partial charge in [-0.15, -0.1) is 11.3 Å². The van der Waals surface area contributed by atoms with Gasteiger partial charge in [-0.05, 0) is 36.6 Å². The van der Waals surface area contributed by atoms with Crippen LogP contribution in [0.4, 0.5) is 0 Å². The van der Waals surface area contributed by atoms with Crippen molar-refractivity contribution in [3.8, 4) is 0 Å². The van der Waals surface area contributed by atoms with E-state index in [-0.39, 0.29) is 11.9 Å². The van der Waals surface area contributed by atoms with E-state index in [1.165, 1.54) is 17.7 Å². The number of amides is 1. The van der Waals surface area contributed by atoms with Crippen molar-refractivity contribution in [1.82, 2.24) is 19.8 Å². The number of carbonyl (C=O) groups is 1. The number of imidazole rings is 1. The van der Waals surface area contributed by atoms with E-state index in [2.05, 4.69) is 32.7 Å². The summed E-state index contributed by atoms with van der Waals surface area (Å²) in [4.78, 5) is 20.6. The SMILES string of the molecule is O=C(NCCc1cccs1)[C@@H]1CN(CC2CC2)Cc2cncn21. The van der Waals surface area contributed by atoms with E-state index in [1.54, 1.807) is 17.7 Å². The lowest BCUT2D eigenvalue weighted by Crippen LogP contribution is -2.45. The molecular formula is C17H22N4OS. The number of thiophene rings is 1. The molecule has 0 saturated heterocycles. The summed E-state index contributed by atoms with van der Waals surface area (Å²) in [5.74, 6) is 0.952. The molecule has 2 aromatic rings. The highest BCUT2D eigenvalue weighted by Crippen LogP contribution is 2.32. The Morgan fingerprint density at radius 2 is 2.35 bits per heavy atom. The average Bonchev–Trinajstić information content (AvgIpc) is 3.03. The largest absolute Gasteiger partial charge is 0.354 e. The number of nitrogens with one attached hydrogen (secondary N) is 1. The Balaban J connectivity index is 1.38. The molecule has 1 N–H and O–H groups in total. The third-order valence-corrected chi connectivity index (χ3v) is 5.60. The molecule has 1 aliphatic heterocycles. The molecule has 1 aliphatic carbocycles. The summed E-state index contributed by atoms with van der Waals surface area (Å²) < 4.78 is 2.05. The second kappa shape index (κ2) is 6.45. The van der Waals surface area contributed by atoms with Crippen molar-refractivity contribution in [2.45, 2.75) is 31.8 Å². The van der Waals surface area contributed by atoms with E-state index in [0.717, 1.165) is 37.7 Å². The van der Waals surface area contributed by atoms with Crippen LogP contribution in [0.5, 0.6) is 0 Å². The third-order valence-electron chi connectivity index (χ3n) is 4.67. The first-order valence-electron chi connectivity index (χ1n) is 8.33. The second-order valence-electron chi connectivity index (χ2n) is 6.57. The van der Waals surface area contributed by atoms with Crippen LogP contribution in [-0.2, 0) is 17.8 Å². The summed E-state index contributed by atoms with van der Waals surface area (Å²) >= 11 is 1.74. The molecule has 3 heterocycles. The normalized spacial score (nSPS) is 21.1. The highest BCUT2D eigenvalue weighted by Gasteiger charge is 2.33. The molecule has 1 saturated carbocycles. The monoisotopic (exact) mass is 330 g/mol. The summed E-state index contributed by atoms with van der Waals surface area (Å²) in [6.45, 7) is 3.52. The van der Waals surface area contributed by atoms with Gasteiger partial charge >= 0.3 is 0 Å². The molecule has 6 heteroatoms. The fourth-order valence-corrected chi connectivity index (χ4v) is 3.97. The van der Waals surface area contributed by atoms with Crippen molar-refractivity contribution >= 4 is 17.2 Å². The van der Waals surface area contributed by atoms with Crippen LogP contribution < -0.4 is 5.32 Å². The van der Waals surface area contributed by atoms with Crippen molar-refractivity contribution < 1.29 is 4.79 Å². The minimum atomic E-state index is -0.150. The third kappa shape index (κ3) is 3.48. The molecule has 122 valence electrons. The quantitative estimate of drug-likeness (QED) is 0.882. The van der Waals surface area contributed by atoms with Gasteiger partial charge in [0.05, 0.1) is 12.0 Å². The maximum atomic E-state index is 12.7. The van der Waals surface area contributed by atoms with Gasteiger partial charge in [0, 0.05) is 37.3 Å². The van der Waals surface area contributed by atoms with Crippen molar-refractivity contribution in [2.75, 3.05) is 19.6 Å². The van der Waals surface area contributed by atoms with Crippen LogP contribution in [0.2, 0.25) is 0 Å². The van der Waals surface area contributed by atoms with Crippen LogP contribution in [0.25, 0.3) is 0 Å². The Morgan fingerprint density at radius 1 is 1.43 bits per heavy atom. The molecule has 0 unspecified atom stereocenters. The van der Waals surface area contributed by atoms with Crippen LogP contribution in [0.3, 0.4) is 0 Å². The zero-order chi connectivity index (χ0) is 15.6. The van der Waals surface area contributed by atoms with Crippen LogP contribution in [-0.4, -0.2) is 40.0 Å². The van der Waals surface area contributed by atoms with Crippen LogP contribution in [0, 0.1) is 5.92 Å². The fourth-order valence-electron chi connectivity index (χ4n) is 3.26. The van der Waals surface area contributed by atoms with Gasteiger partial charge in [0.15, 0.2) is 0 Å². The van der Waals surface area contributed by atoms with E-state index >= 15 is 0 Å². The highest BCUT2D eigenvalue weighted by molar-refractivity contribution is 7.09. The molecule has 2 aromatic heterocycles. The van der Waals surface area contributed by atoms with Gasteiger partial charge in [-0.2, -0.15) is 0 Å². The van der Waals surface area contributed by atoms with Crippen molar-refractivity contribution in [2.24, 2.45) is 5.92 Å². The van der Waals surface area contributed by atoms with Crippen LogP contribution in [0.15, 0.2) is 30.0 Å². The number of aromatic nitrogens is 2. The maximum Gasteiger partial charge on any atom is 0.244 e. The minimum absolute atomic E-state index is 0.112. The Morgan fingerprint density at radius 3 is 3.13 bits per heavy atom. The van der Waals surface area contributed by atoms with Crippen molar-refractivity contribution in [1.29, 1.82) is 0 Å². The number of fused-ring (bicyclic) bond motifs is 1. The Bertz CT molecular complexity index is 662. The van der Waals surface area contributed by atoms with E-state index in [4.69, 9.17) is 0 Å². The van der Waals surface area contributed by atoms with Crippen molar-refractivity contribution in [3.63, 3.8) is 0 Å². The fraction of sp³-hybridized carbons (Fsp3) is 0.529. The first kappa shape index (κ1) is 14.9. The average molecular weight is 330 g/mol. The lowest BCUT2D eigenvalue weighted by molar-refractivity contribution is -0.125. The summed E-state index contributed by atoms with van der Waals surface area (Å²) in [5, 5.41) is 5.18. The maximum absolute atomic E-state index is 12.7. The molecule has 0 aromatic carbocycles. The summed E-state index contributed by atoms with van der Waals surface area (Å²) in [6.07, 6.45) is 7.28. The molecule has 0 radical (unpaired) electrons. The number of nitrogens with zero attached hydrogens (tertiary/aromatic N) is 3. The van der Waals surface area contributed by atoms with Gasteiger partial charge in [0.2, 0.25) is 5.91 Å². The molecule has 1 atom stereocenters. The van der Waals surface area contributed by atoms with Crippen molar-refractivity contribution in [3.05, 3.63) is 40.6 Å². The Kier molecular flexibility index (Phi) is 4.18. The zero-order valence-electron chi connectivity index (χ0n) is 13.1. The number of carbonyl (C=O) groups excluding carboxylic acids is 1. The highest BCUT2D eigenvalue weighted by atomic mass is 32.1. The number of hydrogen-bond donors (Lipinski definition) is 1. The summed E-state index contributed by atoms with van der Waals surface area (Å²) in [7, 11) is 0. The van der Waals surface area contributed by atoms with Gasteiger partial charge in [-0.25, -0.2) is 4.98 Å². The van der Waals surface area contributed by atoms with Gasteiger partial charge in [0.25, 0.3) is 0 Å². The summed E-state index contributed by atoms with van der Waals surface area (Å²) in [5.41, 5.74) is 1.15. The smallest absolute Gasteiger partial charge is 0.244 e.